The number of hydrogen-bond donors (Lipinski definition) is 5. The summed E-state index contributed by atoms with van der Waals surface area (Å²) in [5.74, 6) is -4.79. The van der Waals surface area contributed by atoms with Gasteiger partial charge in [0.1, 0.15) is 22.8 Å². The van der Waals surface area contributed by atoms with E-state index in [0.29, 0.717) is 0 Å². The zero-order valence-corrected chi connectivity index (χ0v) is 25.3. The maximum absolute atomic E-state index is 13.8. The Morgan fingerprint density at radius 3 is 2.51 bits per heavy atom. The molecule has 0 amide bonds. The number of aromatic nitrogens is 1. The monoisotopic (exact) mass is 648 g/mol. The van der Waals surface area contributed by atoms with Crippen LogP contribution < -0.4 is 10.5 Å². The third-order valence-corrected chi connectivity index (χ3v) is 8.89. The fourth-order valence-electron chi connectivity index (χ4n) is 6.44. The minimum absolute atomic E-state index is 0.0217. The fraction of sp³-hybridized carbons (Fsp3) is 0.364. The molecule has 2 heterocycles. The van der Waals surface area contributed by atoms with Crippen LogP contribution in [0.5, 0.6) is 17.2 Å². The summed E-state index contributed by atoms with van der Waals surface area (Å²) in [7, 11) is 1.32. The van der Waals surface area contributed by atoms with Crippen molar-refractivity contribution in [2.45, 2.75) is 62.4 Å². The van der Waals surface area contributed by atoms with E-state index < -0.39 is 102 Å². The smallest absolute Gasteiger partial charge is 0.340 e. The molecule has 1 aromatic heterocycles. The molecule has 0 unspecified atom stereocenters. The number of Topliss-reactive ketones (excluding diaryl/α,β-unsaturated/α-hetero) is 1. The lowest BCUT2D eigenvalue weighted by atomic mass is 9.72. The van der Waals surface area contributed by atoms with Crippen LogP contribution in [0.25, 0.3) is 0 Å². The maximum atomic E-state index is 13.8. The maximum Gasteiger partial charge on any atom is 0.340 e. The molecule has 6 rings (SSSR count). The summed E-state index contributed by atoms with van der Waals surface area (Å²) in [5, 5.41) is 45.3. The third-order valence-electron chi connectivity index (χ3n) is 8.89. The Kier molecular flexibility index (Phi) is 8.32. The third kappa shape index (κ3) is 5.43. The van der Waals surface area contributed by atoms with Crippen LogP contribution in [0.2, 0.25) is 0 Å². The van der Waals surface area contributed by atoms with Gasteiger partial charge >= 0.3 is 5.97 Å². The molecule has 6 N–H and O–H groups in total. The van der Waals surface area contributed by atoms with Crippen LogP contribution >= 0.6 is 0 Å². The number of carbonyl (C=O) groups is 4. The minimum atomic E-state index is -2.35. The van der Waals surface area contributed by atoms with Gasteiger partial charge in [0.25, 0.3) is 0 Å². The Labute approximate surface area is 267 Å². The van der Waals surface area contributed by atoms with E-state index in [0.717, 1.165) is 0 Å². The number of methoxy groups -OCH3 is 1. The number of aromatic hydroxyl groups is 2. The number of benzene rings is 2. The largest absolute Gasteiger partial charge is 0.507 e. The standard InChI is InChI=1S/C33H32N2O12/c1-14-27(37)18(34)9-22(46-14)47-20-11-33(43,21(36)13-45-32(42)15-5-4-8-35-12-15)10-17-24(20)31(41)26-25(29(17)39)28(38)16-6-3-7-19(44-2)23(16)30(26)40/h3-8,12,14,18,20,22,27,37,39,41,43H,9-11,13,34H2,1-2H3/t14-,18+,20+,22-,27+,33-/m0/s1. The SMILES string of the molecule is COc1cccc2c1C(=O)c1c(O)c3c(c(O)c1C2=O)C[C@@](O)(C(=O)COC(=O)c1cccnc1)C[C@H]3O[C@H]1C[C@@H](N)[C@H](O)[C@H](C)O1. The molecule has 1 fully saturated rings. The molecule has 6 atom stereocenters. The zero-order valence-electron chi connectivity index (χ0n) is 25.3. The van der Waals surface area contributed by atoms with Crippen LogP contribution in [0.15, 0.2) is 42.7 Å². The van der Waals surface area contributed by atoms with Crippen molar-refractivity contribution >= 4 is 23.3 Å². The van der Waals surface area contributed by atoms with Crippen molar-refractivity contribution in [3.05, 3.63) is 81.7 Å². The van der Waals surface area contributed by atoms with Gasteiger partial charge in [0.15, 0.2) is 18.7 Å². The second-order valence-corrected chi connectivity index (χ2v) is 11.8. The number of hydrogen-bond acceptors (Lipinski definition) is 14. The Morgan fingerprint density at radius 2 is 1.83 bits per heavy atom. The lowest BCUT2D eigenvalue weighted by Gasteiger charge is -2.42. The highest BCUT2D eigenvalue weighted by molar-refractivity contribution is 6.31. The van der Waals surface area contributed by atoms with Crippen LogP contribution in [0.4, 0.5) is 0 Å². The quantitative estimate of drug-likeness (QED) is 0.141. The van der Waals surface area contributed by atoms with E-state index in [1.807, 2.05) is 0 Å². The van der Waals surface area contributed by atoms with Gasteiger partial charge in [0.05, 0.1) is 47.7 Å². The average molecular weight is 649 g/mol. The Balaban J connectivity index is 1.42. The molecule has 1 saturated heterocycles. The molecule has 0 bridgehead atoms. The fourth-order valence-corrected chi connectivity index (χ4v) is 6.44. The molecule has 14 heteroatoms. The summed E-state index contributed by atoms with van der Waals surface area (Å²) in [6.07, 6.45) is -2.82. The number of pyridine rings is 1. The van der Waals surface area contributed by atoms with Gasteiger partial charge in [0.2, 0.25) is 11.6 Å². The van der Waals surface area contributed by atoms with Gasteiger partial charge in [-0.15, -0.1) is 0 Å². The Bertz CT molecular complexity index is 1780. The molecule has 0 spiro atoms. The molecule has 246 valence electrons. The second-order valence-electron chi connectivity index (χ2n) is 11.8. The first-order chi connectivity index (χ1) is 22.4. The van der Waals surface area contributed by atoms with Crippen LogP contribution in [0.1, 0.15) is 79.2 Å². The van der Waals surface area contributed by atoms with E-state index in [4.69, 9.17) is 24.7 Å². The number of ether oxygens (including phenoxy) is 4. The molecular formula is C33H32N2O12. The first-order valence-electron chi connectivity index (χ1n) is 14.8. The van der Waals surface area contributed by atoms with E-state index in [-0.39, 0.29) is 40.0 Å². The number of nitrogens with zero attached hydrogens (tertiary/aromatic N) is 1. The first kappa shape index (κ1) is 32.2. The van der Waals surface area contributed by atoms with Crippen molar-refractivity contribution < 1.29 is 58.6 Å². The van der Waals surface area contributed by atoms with E-state index in [1.165, 1.54) is 49.8 Å². The summed E-state index contributed by atoms with van der Waals surface area (Å²) in [5.41, 5.74) is 2.22. The summed E-state index contributed by atoms with van der Waals surface area (Å²) >= 11 is 0. The zero-order chi connectivity index (χ0) is 33.8. The van der Waals surface area contributed by atoms with Gasteiger partial charge in [-0.1, -0.05) is 12.1 Å². The highest BCUT2D eigenvalue weighted by Gasteiger charge is 2.50. The summed E-state index contributed by atoms with van der Waals surface area (Å²) in [6, 6.07) is 6.50. The number of aliphatic hydroxyl groups is 2. The number of phenolic OH excluding ortho intramolecular Hbond substituents is 2. The second kappa shape index (κ2) is 12.1. The number of rotatable bonds is 7. The predicted molar refractivity (Wildman–Crippen MR) is 159 cm³/mol. The highest BCUT2D eigenvalue weighted by Crippen LogP contribution is 2.52. The number of nitrogens with two attached hydrogens (primary N) is 1. The van der Waals surface area contributed by atoms with Gasteiger partial charge in [0, 0.05) is 54.4 Å². The molecule has 14 nitrogen and oxygen atoms in total. The Morgan fingerprint density at radius 1 is 1.09 bits per heavy atom. The highest BCUT2D eigenvalue weighted by atomic mass is 16.7. The molecule has 2 aliphatic carbocycles. The minimum Gasteiger partial charge on any atom is -0.507 e. The molecule has 47 heavy (non-hydrogen) atoms. The van der Waals surface area contributed by atoms with Gasteiger partial charge in [-0.3, -0.25) is 19.4 Å². The normalized spacial score (nSPS) is 26.5. The summed E-state index contributed by atoms with van der Waals surface area (Å²) < 4.78 is 22.4. The van der Waals surface area contributed by atoms with E-state index in [1.54, 1.807) is 6.92 Å². The molecule has 0 saturated carbocycles. The number of fused-ring (bicyclic) bond motifs is 3. The average Bonchev–Trinajstić information content (AvgIpc) is 3.06. The van der Waals surface area contributed by atoms with Crippen molar-refractivity contribution in [3.8, 4) is 17.2 Å². The molecule has 0 radical (unpaired) electrons. The molecular weight excluding hydrogens is 616 g/mol. The van der Waals surface area contributed by atoms with Crippen molar-refractivity contribution in [2.24, 2.45) is 5.73 Å². The lowest BCUT2D eigenvalue weighted by Crippen LogP contribution is -2.53. The van der Waals surface area contributed by atoms with Crippen molar-refractivity contribution in [1.29, 1.82) is 0 Å². The Hall–Kier alpha value is -4.73. The number of phenols is 2. The number of esters is 1. The number of carbonyl (C=O) groups excluding carboxylic acids is 4. The molecule has 3 aromatic rings. The van der Waals surface area contributed by atoms with Crippen molar-refractivity contribution in [2.75, 3.05) is 13.7 Å². The van der Waals surface area contributed by atoms with Gasteiger partial charge in [-0.25, -0.2) is 4.79 Å². The van der Waals surface area contributed by atoms with Gasteiger partial charge < -0.3 is 45.1 Å². The lowest BCUT2D eigenvalue weighted by molar-refractivity contribution is -0.247. The van der Waals surface area contributed by atoms with Crippen LogP contribution in [0, 0.1) is 0 Å². The summed E-state index contributed by atoms with van der Waals surface area (Å²) in [6.45, 7) is 0.697. The number of aliphatic hydroxyl groups excluding tert-OH is 1. The topological polar surface area (TPSA) is 225 Å². The number of ketones is 3. The van der Waals surface area contributed by atoms with Crippen LogP contribution in [0.3, 0.4) is 0 Å². The van der Waals surface area contributed by atoms with E-state index in [2.05, 4.69) is 4.98 Å². The van der Waals surface area contributed by atoms with E-state index >= 15 is 0 Å². The van der Waals surface area contributed by atoms with Crippen molar-refractivity contribution in [3.63, 3.8) is 0 Å². The van der Waals surface area contributed by atoms with Crippen molar-refractivity contribution in [1.82, 2.24) is 4.98 Å². The van der Waals surface area contributed by atoms with Crippen LogP contribution in [-0.2, 0) is 25.4 Å². The molecule has 3 aliphatic rings. The molecule has 1 aliphatic heterocycles. The van der Waals surface area contributed by atoms with Gasteiger partial charge in [-0.2, -0.15) is 0 Å². The summed E-state index contributed by atoms with van der Waals surface area (Å²) in [4.78, 5) is 57.4. The van der Waals surface area contributed by atoms with Crippen LogP contribution in [-0.4, -0.2) is 92.6 Å². The van der Waals surface area contributed by atoms with Gasteiger partial charge in [-0.05, 0) is 25.1 Å². The predicted octanol–water partition coefficient (Wildman–Crippen LogP) is 1.26. The first-order valence-corrected chi connectivity index (χ1v) is 14.8. The molecule has 2 aromatic carbocycles. The van der Waals surface area contributed by atoms with E-state index in [9.17, 15) is 39.6 Å².